The highest BCUT2D eigenvalue weighted by molar-refractivity contribution is 5.92. The van der Waals surface area contributed by atoms with Crippen LogP contribution in [0.5, 0.6) is 0 Å². The van der Waals surface area contributed by atoms with E-state index in [0.29, 0.717) is 25.4 Å². The van der Waals surface area contributed by atoms with Crippen molar-refractivity contribution < 1.29 is 14.1 Å². The molecule has 3 aromatic rings. The van der Waals surface area contributed by atoms with Crippen LogP contribution in [0.4, 0.5) is 0 Å². The Bertz CT molecular complexity index is 1030. The Balaban J connectivity index is 1.57. The number of carbonyl (C=O) groups is 1. The molecule has 7 heteroatoms. The minimum absolute atomic E-state index is 0.0821. The average molecular weight is 392 g/mol. The Labute approximate surface area is 169 Å². The SMILES string of the molecule is CCc1onc(C)c1-c1cccc(C2CN(C(=O)c3cccc(C)n3)CCO2)n1. The van der Waals surface area contributed by atoms with E-state index in [9.17, 15) is 4.79 Å². The Kier molecular flexibility index (Phi) is 5.40. The van der Waals surface area contributed by atoms with Gasteiger partial charge in [0.15, 0.2) is 0 Å². The molecule has 1 fully saturated rings. The second-order valence-corrected chi connectivity index (χ2v) is 7.14. The number of pyridine rings is 2. The lowest BCUT2D eigenvalue weighted by Crippen LogP contribution is -2.42. The zero-order chi connectivity index (χ0) is 20.4. The number of nitrogens with zero attached hydrogens (tertiary/aromatic N) is 4. The zero-order valence-corrected chi connectivity index (χ0v) is 16.9. The molecule has 3 aromatic heterocycles. The molecule has 1 saturated heterocycles. The summed E-state index contributed by atoms with van der Waals surface area (Å²) in [5.41, 5.74) is 4.64. The maximum absolute atomic E-state index is 12.9. The van der Waals surface area contributed by atoms with Crippen molar-refractivity contribution in [1.29, 1.82) is 0 Å². The molecule has 0 saturated carbocycles. The van der Waals surface area contributed by atoms with Gasteiger partial charge in [-0.2, -0.15) is 0 Å². The summed E-state index contributed by atoms with van der Waals surface area (Å²) in [5, 5.41) is 4.08. The number of aromatic nitrogens is 3. The molecule has 4 heterocycles. The van der Waals surface area contributed by atoms with Crippen LogP contribution in [0, 0.1) is 13.8 Å². The van der Waals surface area contributed by atoms with Gasteiger partial charge in [-0.3, -0.25) is 4.79 Å². The molecule has 0 aromatic carbocycles. The lowest BCUT2D eigenvalue weighted by Gasteiger charge is -2.32. The van der Waals surface area contributed by atoms with Gasteiger partial charge >= 0.3 is 0 Å². The van der Waals surface area contributed by atoms with Gasteiger partial charge in [0, 0.05) is 18.7 Å². The van der Waals surface area contributed by atoms with Crippen molar-refractivity contribution in [2.75, 3.05) is 19.7 Å². The van der Waals surface area contributed by atoms with Crippen LogP contribution in [-0.2, 0) is 11.2 Å². The molecule has 0 spiro atoms. The molecule has 1 amide bonds. The monoisotopic (exact) mass is 392 g/mol. The first-order chi connectivity index (χ1) is 14.1. The smallest absolute Gasteiger partial charge is 0.272 e. The first-order valence-electron chi connectivity index (χ1n) is 9.83. The van der Waals surface area contributed by atoms with Crippen molar-refractivity contribution in [2.45, 2.75) is 33.3 Å². The summed E-state index contributed by atoms with van der Waals surface area (Å²) in [4.78, 5) is 23.8. The summed E-state index contributed by atoms with van der Waals surface area (Å²) in [6.45, 7) is 7.26. The lowest BCUT2D eigenvalue weighted by atomic mass is 10.1. The van der Waals surface area contributed by atoms with Gasteiger partial charge in [-0.1, -0.05) is 24.2 Å². The Morgan fingerprint density at radius 1 is 1.17 bits per heavy atom. The fourth-order valence-corrected chi connectivity index (χ4v) is 3.59. The van der Waals surface area contributed by atoms with Crippen LogP contribution in [0.3, 0.4) is 0 Å². The molecule has 1 atom stereocenters. The molecule has 1 aliphatic rings. The number of amides is 1. The molecule has 0 aliphatic carbocycles. The Hall–Kier alpha value is -3.06. The van der Waals surface area contributed by atoms with Crippen molar-refractivity contribution in [3.05, 3.63) is 64.9 Å². The number of aryl methyl sites for hydroxylation is 3. The number of ether oxygens (including phenoxy) is 1. The lowest BCUT2D eigenvalue weighted by molar-refractivity contribution is -0.0248. The van der Waals surface area contributed by atoms with Crippen LogP contribution in [0.25, 0.3) is 11.3 Å². The van der Waals surface area contributed by atoms with Crippen molar-refractivity contribution >= 4 is 5.91 Å². The number of hydrogen-bond donors (Lipinski definition) is 0. The van der Waals surface area contributed by atoms with Gasteiger partial charge in [0.2, 0.25) is 0 Å². The summed E-state index contributed by atoms with van der Waals surface area (Å²) in [6, 6.07) is 11.3. The van der Waals surface area contributed by atoms with Crippen molar-refractivity contribution in [2.24, 2.45) is 0 Å². The van der Waals surface area contributed by atoms with Crippen LogP contribution in [-0.4, -0.2) is 45.6 Å². The van der Waals surface area contributed by atoms with E-state index < -0.39 is 0 Å². The molecule has 4 rings (SSSR count). The maximum atomic E-state index is 12.9. The molecule has 0 radical (unpaired) electrons. The number of rotatable bonds is 4. The maximum Gasteiger partial charge on any atom is 0.272 e. The first kappa shape index (κ1) is 19.3. The molecule has 0 bridgehead atoms. The fourth-order valence-electron chi connectivity index (χ4n) is 3.59. The minimum atomic E-state index is -0.289. The van der Waals surface area contributed by atoms with Gasteiger partial charge in [0.1, 0.15) is 17.6 Å². The summed E-state index contributed by atoms with van der Waals surface area (Å²) < 4.78 is 11.4. The van der Waals surface area contributed by atoms with Gasteiger partial charge < -0.3 is 14.2 Å². The van der Waals surface area contributed by atoms with E-state index in [1.54, 1.807) is 11.0 Å². The highest BCUT2D eigenvalue weighted by atomic mass is 16.5. The standard InChI is InChI=1S/C22H24N4O3/c1-4-19-21(15(3)25-29-19)17-9-6-8-16(24-17)20-13-26(11-12-28-20)22(27)18-10-5-7-14(2)23-18/h5-10,20H,4,11-13H2,1-3H3. The van der Waals surface area contributed by atoms with E-state index in [4.69, 9.17) is 14.2 Å². The molecule has 1 aliphatic heterocycles. The van der Waals surface area contributed by atoms with Crippen LogP contribution in [0.1, 0.15) is 46.4 Å². The van der Waals surface area contributed by atoms with E-state index in [-0.39, 0.29) is 12.0 Å². The van der Waals surface area contributed by atoms with Gasteiger partial charge in [-0.05, 0) is 38.1 Å². The highest BCUT2D eigenvalue weighted by Crippen LogP contribution is 2.29. The summed E-state index contributed by atoms with van der Waals surface area (Å²) in [7, 11) is 0. The third-order valence-corrected chi connectivity index (χ3v) is 5.07. The number of hydrogen-bond acceptors (Lipinski definition) is 6. The van der Waals surface area contributed by atoms with E-state index >= 15 is 0 Å². The average Bonchev–Trinajstić information content (AvgIpc) is 3.14. The summed E-state index contributed by atoms with van der Waals surface area (Å²) >= 11 is 0. The second kappa shape index (κ2) is 8.13. The van der Waals surface area contributed by atoms with Crippen molar-refractivity contribution in [1.82, 2.24) is 20.0 Å². The molecule has 1 unspecified atom stereocenters. The van der Waals surface area contributed by atoms with Crippen molar-refractivity contribution in [3.63, 3.8) is 0 Å². The first-order valence-corrected chi connectivity index (χ1v) is 9.83. The Morgan fingerprint density at radius 2 is 2.00 bits per heavy atom. The van der Waals surface area contributed by atoms with Crippen LogP contribution < -0.4 is 0 Å². The van der Waals surface area contributed by atoms with E-state index in [2.05, 4.69) is 10.1 Å². The molecule has 29 heavy (non-hydrogen) atoms. The topological polar surface area (TPSA) is 81.4 Å². The van der Waals surface area contributed by atoms with E-state index in [1.165, 1.54) is 0 Å². The van der Waals surface area contributed by atoms with E-state index in [0.717, 1.165) is 40.5 Å². The fraction of sp³-hybridized carbons (Fsp3) is 0.364. The molecule has 0 N–H and O–H groups in total. The Morgan fingerprint density at radius 3 is 2.79 bits per heavy atom. The van der Waals surface area contributed by atoms with Crippen molar-refractivity contribution in [3.8, 4) is 11.3 Å². The summed E-state index contributed by atoms with van der Waals surface area (Å²) in [5.74, 6) is 0.736. The van der Waals surface area contributed by atoms with Gasteiger partial charge in [-0.25, -0.2) is 9.97 Å². The molecule has 150 valence electrons. The van der Waals surface area contributed by atoms with Crippen LogP contribution in [0.2, 0.25) is 0 Å². The van der Waals surface area contributed by atoms with Crippen LogP contribution in [0.15, 0.2) is 40.9 Å². The predicted octanol–water partition coefficient (Wildman–Crippen LogP) is 3.52. The van der Waals surface area contributed by atoms with Crippen LogP contribution >= 0.6 is 0 Å². The summed E-state index contributed by atoms with van der Waals surface area (Å²) in [6.07, 6.45) is 0.455. The molecular formula is C22H24N4O3. The third-order valence-electron chi connectivity index (χ3n) is 5.07. The highest BCUT2D eigenvalue weighted by Gasteiger charge is 2.28. The zero-order valence-electron chi connectivity index (χ0n) is 16.9. The van der Waals surface area contributed by atoms with Gasteiger partial charge in [-0.15, -0.1) is 0 Å². The molecule has 7 nitrogen and oxygen atoms in total. The second-order valence-electron chi connectivity index (χ2n) is 7.14. The normalized spacial score (nSPS) is 16.8. The number of morpholine rings is 1. The largest absolute Gasteiger partial charge is 0.368 e. The van der Waals surface area contributed by atoms with E-state index in [1.807, 2.05) is 51.1 Å². The minimum Gasteiger partial charge on any atom is -0.368 e. The van der Waals surface area contributed by atoms with Gasteiger partial charge in [0.05, 0.1) is 35.8 Å². The third kappa shape index (κ3) is 3.91. The quantitative estimate of drug-likeness (QED) is 0.676. The molecular weight excluding hydrogens is 368 g/mol. The number of carbonyl (C=O) groups excluding carboxylic acids is 1. The predicted molar refractivity (Wildman–Crippen MR) is 107 cm³/mol. The van der Waals surface area contributed by atoms with Gasteiger partial charge in [0.25, 0.3) is 5.91 Å².